The predicted molar refractivity (Wildman–Crippen MR) is 43.7 cm³/mol. The van der Waals surface area contributed by atoms with Crippen LogP contribution >= 0.6 is 0 Å². The summed E-state index contributed by atoms with van der Waals surface area (Å²) in [6, 6.07) is 0. The van der Waals surface area contributed by atoms with Crippen molar-refractivity contribution in [3.05, 3.63) is 11.5 Å². The van der Waals surface area contributed by atoms with Crippen LogP contribution in [0.25, 0.3) is 0 Å². The van der Waals surface area contributed by atoms with Crippen LogP contribution in [0.2, 0.25) is 0 Å². The Balaban J connectivity index is 3.37. The topological polar surface area (TPSA) is 60.2 Å². The lowest BCUT2D eigenvalue weighted by Crippen LogP contribution is -2.05. The van der Waals surface area contributed by atoms with Crippen LogP contribution in [-0.2, 0) is 9.84 Å². The average Bonchev–Trinajstić information content (AvgIpc) is 2.31. The molecular weight excluding hydrogens is 178 g/mol. The summed E-state index contributed by atoms with van der Waals surface area (Å²) >= 11 is 0. The fourth-order valence-corrected chi connectivity index (χ4v) is 2.31. The maximum atomic E-state index is 11.4. The summed E-state index contributed by atoms with van der Waals surface area (Å²) in [7, 11) is -3.17. The van der Waals surface area contributed by atoms with Gasteiger partial charge in [0.2, 0.25) is 0 Å². The predicted octanol–water partition coefficient (Wildman–Crippen LogP) is 1.09. The molecule has 0 aromatic carbocycles. The molecule has 0 N–H and O–H groups in total. The summed E-state index contributed by atoms with van der Waals surface area (Å²) in [6.07, 6.45) is 0. The lowest BCUT2D eigenvalue weighted by atomic mass is 10.4. The van der Waals surface area contributed by atoms with Crippen LogP contribution in [0.1, 0.15) is 18.4 Å². The van der Waals surface area contributed by atoms with Gasteiger partial charge in [-0.1, -0.05) is 12.1 Å². The third kappa shape index (κ3) is 1.36. The average molecular weight is 189 g/mol. The number of aryl methyl sites for hydroxylation is 2. The fraction of sp³-hybridized carbons (Fsp3) is 0.571. The van der Waals surface area contributed by atoms with Gasteiger partial charge >= 0.3 is 0 Å². The number of rotatable bonds is 2. The summed E-state index contributed by atoms with van der Waals surface area (Å²) in [6.45, 7) is 4.82. The van der Waals surface area contributed by atoms with E-state index < -0.39 is 9.84 Å². The molecule has 12 heavy (non-hydrogen) atoms. The third-order valence-electron chi connectivity index (χ3n) is 1.66. The van der Waals surface area contributed by atoms with Crippen molar-refractivity contribution in [2.45, 2.75) is 25.7 Å². The van der Waals surface area contributed by atoms with Gasteiger partial charge in [-0.3, -0.25) is 0 Å². The zero-order valence-corrected chi connectivity index (χ0v) is 8.10. The second kappa shape index (κ2) is 2.90. The number of hydrogen-bond acceptors (Lipinski definition) is 4. The van der Waals surface area contributed by atoms with Gasteiger partial charge in [0.05, 0.1) is 11.4 Å². The fourth-order valence-electron chi connectivity index (χ4n) is 1.06. The summed E-state index contributed by atoms with van der Waals surface area (Å²) in [5.74, 6) is 0.449. The minimum Gasteiger partial charge on any atom is -0.360 e. The van der Waals surface area contributed by atoms with E-state index in [1.165, 1.54) is 0 Å². The first-order valence-corrected chi connectivity index (χ1v) is 5.30. The van der Waals surface area contributed by atoms with Gasteiger partial charge in [0, 0.05) is 0 Å². The maximum absolute atomic E-state index is 11.4. The van der Waals surface area contributed by atoms with Crippen molar-refractivity contribution in [2.24, 2.45) is 0 Å². The van der Waals surface area contributed by atoms with Crippen molar-refractivity contribution < 1.29 is 12.9 Å². The molecule has 0 amide bonds. The molecule has 0 spiro atoms. The van der Waals surface area contributed by atoms with E-state index in [9.17, 15) is 8.42 Å². The standard InChI is InChI=1S/C7H11NO3S/c1-4-12(9,10)7-5(2)8-11-6(7)3/h4H2,1-3H3. The Kier molecular flexibility index (Phi) is 2.23. The third-order valence-corrected chi connectivity index (χ3v) is 3.62. The number of aromatic nitrogens is 1. The summed E-state index contributed by atoms with van der Waals surface area (Å²) < 4.78 is 27.6. The van der Waals surface area contributed by atoms with Gasteiger partial charge in [-0.2, -0.15) is 0 Å². The molecule has 0 radical (unpaired) electrons. The Morgan fingerprint density at radius 2 is 2.00 bits per heavy atom. The van der Waals surface area contributed by atoms with Crippen LogP contribution in [0.3, 0.4) is 0 Å². The summed E-state index contributed by atoms with van der Waals surface area (Å²) in [5, 5.41) is 3.58. The van der Waals surface area contributed by atoms with E-state index in [0.29, 0.717) is 11.5 Å². The molecular formula is C7H11NO3S. The zero-order chi connectivity index (χ0) is 9.35. The van der Waals surface area contributed by atoms with Gasteiger partial charge in [-0.05, 0) is 13.8 Å². The molecule has 4 nitrogen and oxygen atoms in total. The van der Waals surface area contributed by atoms with E-state index in [1.54, 1.807) is 20.8 Å². The minimum absolute atomic E-state index is 0.0793. The monoisotopic (exact) mass is 189 g/mol. The second-order valence-electron chi connectivity index (χ2n) is 2.56. The minimum atomic E-state index is -3.17. The highest BCUT2D eigenvalue weighted by molar-refractivity contribution is 7.91. The number of nitrogens with zero attached hydrogens (tertiary/aromatic N) is 1. The molecule has 0 aliphatic rings. The van der Waals surface area contributed by atoms with Crippen molar-refractivity contribution in [3.63, 3.8) is 0 Å². The lowest BCUT2D eigenvalue weighted by Gasteiger charge is -1.97. The highest BCUT2D eigenvalue weighted by Gasteiger charge is 2.21. The molecule has 0 fully saturated rings. The molecule has 0 saturated carbocycles. The van der Waals surface area contributed by atoms with E-state index in [-0.39, 0.29) is 10.6 Å². The number of hydrogen-bond donors (Lipinski definition) is 0. The van der Waals surface area contributed by atoms with Crippen molar-refractivity contribution in [1.82, 2.24) is 5.16 Å². The maximum Gasteiger partial charge on any atom is 0.183 e. The van der Waals surface area contributed by atoms with E-state index in [1.807, 2.05) is 0 Å². The van der Waals surface area contributed by atoms with Crippen LogP contribution in [0, 0.1) is 13.8 Å². The van der Waals surface area contributed by atoms with Gasteiger partial charge < -0.3 is 4.52 Å². The molecule has 0 atom stereocenters. The van der Waals surface area contributed by atoms with Crippen molar-refractivity contribution >= 4 is 9.84 Å². The van der Waals surface area contributed by atoms with Crippen LogP contribution in [-0.4, -0.2) is 19.3 Å². The molecule has 0 bridgehead atoms. The highest BCUT2D eigenvalue weighted by Crippen LogP contribution is 2.19. The quantitative estimate of drug-likeness (QED) is 0.698. The SMILES string of the molecule is CCS(=O)(=O)c1c(C)noc1C. The van der Waals surface area contributed by atoms with E-state index in [4.69, 9.17) is 4.52 Å². The Labute approximate surface area is 71.5 Å². The van der Waals surface area contributed by atoms with Gasteiger partial charge in [0.25, 0.3) is 0 Å². The van der Waals surface area contributed by atoms with Gasteiger partial charge in [-0.15, -0.1) is 0 Å². The van der Waals surface area contributed by atoms with Crippen LogP contribution < -0.4 is 0 Å². The first-order valence-electron chi connectivity index (χ1n) is 3.64. The van der Waals surface area contributed by atoms with Crippen molar-refractivity contribution in [3.8, 4) is 0 Å². The molecule has 0 aliphatic heterocycles. The van der Waals surface area contributed by atoms with Crippen LogP contribution in [0.5, 0.6) is 0 Å². The van der Waals surface area contributed by atoms with Crippen molar-refractivity contribution in [1.29, 1.82) is 0 Å². The summed E-state index contributed by atoms with van der Waals surface area (Å²) in [5.41, 5.74) is 0.439. The molecule has 68 valence electrons. The molecule has 1 heterocycles. The molecule has 0 aliphatic carbocycles. The first kappa shape index (κ1) is 9.25. The molecule has 0 saturated heterocycles. The first-order chi connectivity index (χ1) is 5.49. The Bertz CT molecular complexity index is 358. The molecule has 1 aromatic rings. The second-order valence-corrected chi connectivity index (χ2v) is 4.77. The highest BCUT2D eigenvalue weighted by atomic mass is 32.2. The largest absolute Gasteiger partial charge is 0.360 e. The van der Waals surface area contributed by atoms with E-state index in [0.717, 1.165) is 0 Å². The molecule has 5 heteroatoms. The van der Waals surface area contributed by atoms with Gasteiger partial charge in [0.15, 0.2) is 15.6 Å². The molecule has 0 unspecified atom stereocenters. The summed E-state index contributed by atoms with van der Waals surface area (Å²) in [4.78, 5) is 0.241. The number of sulfone groups is 1. The van der Waals surface area contributed by atoms with Crippen molar-refractivity contribution in [2.75, 3.05) is 5.75 Å². The van der Waals surface area contributed by atoms with Crippen LogP contribution in [0.15, 0.2) is 9.42 Å². The van der Waals surface area contributed by atoms with E-state index in [2.05, 4.69) is 5.16 Å². The van der Waals surface area contributed by atoms with Gasteiger partial charge in [-0.25, -0.2) is 8.42 Å². The zero-order valence-electron chi connectivity index (χ0n) is 7.29. The normalized spacial score (nSPS) is 11.9. The Hall–Kier alpha value is -0.840. The van der Waals surface area contributed by atoms with E-state index >= 15 is 0 Å². The van der Waals surface area contributed by atoms with Crippen LogP contribution in [0.4, 0.5) is 0 Å². The Morgan fingerprint density at radius 3 is 2.33 bits per heavy atom. The molecule has 1 rings (SSSR count). The lowest BCUT2D eigenvalue weighted by molar-refractivity contribution is 0.390. The van der Waals surface area contributed by atoms with Gasteiger partial charge in [0.1, 0.15) is 4.90 Å². The Morgan fingerprint density at radius 1 is 1.42 bits per heavy atom. The molecule has 1 aromatic heterocycles. The smallest absolute Gasteiger partial charge is 0.183 e.